The predicted molar refractivity (Wildman–Crippen MR) is 92.6 cm³/mol. The van der Waals surface area contributed by atoms with E-state index in [1.54, 1.807) is 0 Å². The van der Waals surface area contributed by atoms with Crippen LogP contribution in [0.4, 0.5) is 10.1 Å². The molecule has 126 valence electrons. The highest BCUT2D eigenvalue weighted by atomic mass is 19.1. The highest BCUT2D eigenvalue weighted by molar-refractivity contribution is 6.11. The van der Waals surface area contributed by atoms with Crippen molar-refractivity contribution in [1.82, 2.24) is 4.57 Å². The van der Waals surface area contributed by atoms with E-state index in [0.29, 0.717) is 13.0 Å². The first-order chi connectivity index (χ1) is 12.0. The molecule has 6 heteroatoms. The number of hydrogen-bond acceptors (Lipinski definition) is 3. The SMILES string of the molecule is Cn1c(=O)c(C(=O)N2CCc3ccccc32)c(O)c2ccc(F)cc21. The average molecular weight is 338 g/mol. The molecule has 2 aromatic carbocycles. The average Bonchev–Trinajstić information content (AvgIpc) is 3.04. The van der Waals surface area contributed by atoms with E-state index in [1.807, 2.05) is 24.3 Å². The Morgan fingerprint density at radius 2 is 1.96 bits per heavy atom. The molecule has 0 saturated carbocycles. The van der Waals surface area contributed by atoms with Crippen LogP contribution in [0, 0.1) is 5.82 Å². The number of anilines is 1. The lowest BCUT2D eigenvalue weighted by atomic mass is 10.1. The summed E-state index contributed by atoms with van der Waals surface area (Å²) in [6.07, 6.45) is 0.696. The lowest BCUT2D eigenvalue weighted by Gasteiger charge is -2.19. The largest absolute Gasteiger partial charge is 0.506 e. The van der Waals surface area contributed by atoms with Crippen molar-refractivity contribution in [3.05, 3.63) is 69.8 Å². The standard InChI is InChI=1S/C19H15FN2O3/c1-21-15-10-12(20)6-7-13(15)17(23)16(18(21)24)19(25)22-9-8-11-4-2-3-5-14(11)22/h2-7,10,23H,8-9H2,1H3. The van der Waals surface area contributed by atoms with Crippen LogP contribution < -0.4 is 10.5 Å². The maximum Gasteiger partial charge on any atom is 0.267 e. The van der Waals surface area contributed by atoms with Crippen molar-refractivity contribution in [2.45, 2.75) is 6.42 Å². The second kappa shape index (κ2) is 5.44. The van der Waals surface area contributed by atoms with Crippen molar-refractivity contribution in [3.8, 4) is 5.75 Å². The van der Waals surface area contributed by atoms with Gasteiger partial charge in [0, 0.05) is 24.7 Å². The van der Waals surface area contributed by atoms with Crippen LogP contribution in [0.25, 0.3) is 10.9 Å². The number of aromatic nitrogens is 1. The predicted octanol–water partition coefficient (Wildman–Crippen LogP) is 2.59. The molecule has 0 unspecified atom stereocenters. The molecule has 1 aromatic heterocycles. The molecule has 0 bridgehead atoms. The summed E-state index contributed by atoms with van der Waals surface area (Å²) in [6, 6.07) is 11.2. The van der Waals surface area contributed by atoms with E-state index in [1.165, 1.54) is 28.6 Å². The van der Waals surface area contributed by atoms with Gasteiger partial charge in [0.1, 0.15) is 17.1 Å². The molecule has 3 aromatic rings. The van der Waals surface area contributed by atoms with Gasteiger partial charge in [-0.25, -0.2) is 4.39 Å². The molecule has 2 heterocycles. The molecule has 25 heavy (non-hydrogen) atoms. The van der Waals surface area contributed by atoms with Crippen molar-refractivity contribution < 1.29 is 14.3 Å². The van der Waals surface area contributed by atoms with E-state index in [9.17, 15) is 19.1 Å². The van der Waals surface area contributed by atoms with Gasteiger partial charge < -0.3 is 14.6 Å². The molecular formula is C19H15FN2O3. The summed E-state index contributed by atoms with van der Waals surface area (Å²) in [5.74, 6) is -1.48. The molecule has 0 atom stereocenters. The van der Waals surface area contributed by atoms with Crippen LogP contribution in [0.5, 0.6) is 5.75 Å². The zero-order valence-corrected chi connectivity index (χ0v) is 13.5. The van der Waals surface area contributed by atoms with Gasteiger partial charge in [0.2, 0.25) is 0 Å². The van der Waals surface area contributed by atoms with Gasteiger partial charge in [-0.1, -0.05) is 18.2 Å². The topological polar surface area (TPSA) is 62.5 Å². The Morgan fingerprint density at radius 1 is 1.20 bits per heavy atom. The molecule has 0 fully saturated rings. The van der Waals surface area contributed by atoms with Crippen LogP contribution in [0.2, 0.25) is 0 Å². The number of fused-ring (bicyclic) bond motifs is 2. The molecule has 1 aliphatic rings. The van der Waals surface area contributed by atoms with Crippen LogP contribution in [0.3, 0.4) is 0 Å². The molecular weight excluding hydrogens is 323 g/mol. The minimum Gasteiger partial charge on any atom is -0.506 e. The Balaban J connectivity index is 1.92. The van der Waals surface area contributed by atoms with Crippen LogP contribution in [0.15, 0.2) is 47.3 Å². The number of nitrogens with zero attached hydrogens (tertiary/aromatic N) is 2. The van der Waals surface area contributed by atoms with Gasteiger partial charge in [-0.3, -0.25) is 9.59 Å². The van der Waals surface area contributed by atoms with Crippen LogP contribution >= 0.6 is 0 Å². The Morgan fingerprint density at radius 3 is 2.76 bits per heavy atom. The van der Waals surface area contributed by atoms with E-state index < -0.39 is 23.0 Å². The summed E-state index contributed by atoms with van der Waals surface area (Å²) in [7, 11) is 1.46. The molecule has 5 nitrogen and oxygen atoms in total. The van der Waals surface area contributed by atoms with Crippen LogP contribution in [0.1, 0.15) is 15.9 Å². The van der Waals surface area contributed by atoms with Gasteiger partial charge in [0.15, 0.2) is 0 Å². The fraction of sp³-hybridized carbons (Fsp3) is 0.158. The molecule has 0 saturated heterocycles. The van der Waals surface area contributed by atoms with Crippen molar-refractivity contribution in [3.63, 3.8) is 0 Å². The summed E-state index contributed by atoms with van der Waals surface area (Å²) in [5.41, 5.74) is 1.06. The number of aryl methyl sites for hydroxylation is 1. The second-order valence-corrected chi connectivity index (χ2v) is 6.08. The van der Waals surface area contributed by atoms with Gasteiger partial charge >= 0.3 is 0 Å². The zero-order valence-electron chi connectivity index (χ0n) is 13.5. The summed E-state index contributed by atoms with van der Waals surface area (Å²) in [6.45, 7) is 0.447. The maximum absolute atomic E-state index is 13.5. The third-order valence-corrected chi connectivity index (χ3v) is 4.68. The number of aromatic hydroxyl groups is 1. The van der Waals surface area contributed by atoms with Gasteiger partial charge in [-0.05, 0) is 36.2 Å². The normalized spacial score (nSPS) is 13.3. The van der Waals surface area contributed by atoms with Crippen molar-refractivity contribution in [1.29, 1.82) is 0 Å². The van der Waals surface area contributed by atoms with Gasteiger partial charge in [-0.15, -0.1) is 0 Å². The molecule has 4 rings (SSSR count). The fourth-order valence-electron chi connectivity index (χ4n) is 3.37. The lowest BCUT2D eigenvalue weighted by Crippen LogP contribution is -2.35. The highest BCUT2D eigenvalue weighted by Gasteiger charge is 2.30. The number of rotatable bonds is 1. The lowest BCUT2D eigenvalue weighted by molar-refractivity contribution is 0.0985. The number of carbonyl (C=O) groups excluding carboxylic acids is 1. The first-order valence-corrected chi connectivity index (χ1v) is 7.90. The van der Waals surface area contributed by atoms with Crippen molar-refractivity contribution >= 4 is 22.5 Å². The molecule has 1 N–H and O–H groups in total. The quantitative estimate of drug-likeness (QED) is 0.742. The van der Waals surface area contributed by atoms with Gasteiger partial charge in [0.25, 0.3) is 11.5 Å². The molecule has 0 aliphatic carbocycles. The maximum atomic E-state index is 13.5. The van der Waals surface area contributed by atoms with E-state index >= 15 is 0 Å². The Bertz CT molecular complexity index is 1090. The minimum atomic E-state index is -0.648. The van der Waals surface area contributed by atoms with E-state index in [0.717, 1.165) is 17.3 Å². The Labute approximate surface area is 142 Å². The third-order valence-electron chi connectivity index (χ3n) is 4.68. The Kier molecular flexibility index (Phi) is 3.35. The van der Waals surface area contributed by atoms with E-state index in [2.05, 4.69) is 0 Å². The van der Waals surface area contributed by atoms with Crippen LogP contribution in [-0.4, -0.2) is 22.1 Å². The van der Waals surface area contributed by atoms with Gasteiger partial charge in [0.05, 0.1) is 5.52 Å². The Hall–Kier alpha value is -3.15. The van der Waals surface area contributed by atoms with Crippen molar-refractivity contribution in [2.24, 2.45) is 7.05 Å². The number of carbonyl (C=O) groups is 1. The highest BCUT2D eigenvalue weighted by Crippen LogP contribution is 2.32. The number of benzene rings is 2. The van der Waals surface area contributed by atoms with Crippen LogP contribution in [-0.2, 0) is 13.5 Å². The number of halogens is 1. The minimum absolute atomic E-state index is 0.237. The first-order valence-electron chi connectivity index (χ1n) is 7.90. The van der Waals surface area contributed by atoms with E-state index in [-0.39, 0.29) is 16.5 Å². The summed E-state index contributed by atoms with van der Waals surface area (Å²) in [5, 5.41) is 10.8. The van der Waals surface area contributed by atoms with E-state index in [4.69, 9.17) is 0 Å². The summed E-state index contributed by atoms with van der Waals surface area (Å²) < 4.78 is 14.7. The monoisotopic (exact) mass is 338 g/mol. The number of pyridine rings is 1. The molecule has 0 spiro atoms. The van der Waals surface area contributed by atoms with Crippen molar-refractivity contribution in [2.75, 3.05) is 11.4 Å². The number of para-hydroxylation sites is 1. The molecule has 1 amide bonds. The smallest absolute Gasteiger partial charge is 0.267 e. The summed E-state index contributed by atoms with van der Waals surface area (Å²) in [4.78, 5) is 27.2. The fourth-order valence-corrected chi connectivity index (χ4v) is 3.37. The number of amides is 1. The van der Waals surface area contributed by atoms with Gasteiger partial charge in [-0.2, -0.15) is 0 Å². The zero-order chi connectivity index (χ0) is 17.7. The first kappa shape index (κ1) is 15.4. The molecule has 1 aliphatic heterocycles. The summed E-state index contributed by atoms with van der Waals surface area (Å²) >= 11 is 0. The molecule has 0 radical (unpaired) electrons. The third kappa shape index (κ3) is 2.21. The second-order valence-electron chi connectivity index (χ2n) is 6.08. The number of hydrogen-bond donors (Lipinski definition) is 1.